The van der Waals surface area contributed by atoms with Gasteiger partial charge < -0.3 is 21.7 Å². The molecule has 11 heteroatoms. The van der Waals surface area contributed by atoms with E-state index in [1.165, 1.54) is 11.5 Å². The highest BCUT2D eigenvalue weighted by Crippen LogP contribution is 2.14. The molecule has 6 N–H and O–H groups in total. The minimum atomic E-state index is -0.152. The van der Waals surface area contributed by atoms with Crippen molar-refractivity contribution in [1.82, 2.24) is 20.0 Å². The van der Waals surface area contributed by atoms with Gasteiger partial charge in [0, 0.05) is 30.9 Å². The average molecular weight is 313 g/mol. The van der Waals surface area contributed by atoms with E-state index in [1.54, 1.807) is 25.0 Å². The molecule has 0 aliphatic carbocycles. The molecular formula is C9H15N9S2. The van der Waals surface area contributed by atoms with E-state index in [0.29, 0.717) is 29.2 Å². The zero-order chi connectivity index (χ0) is 14.8. The topological polar surface area (TPSA) is 148 Å². The van der Waals surface area contributed by atoms with Crippen molar-refractivity contribution in [2.75, 3.05) is 24.7 Å². The molecule has 1 aromatic heterocycles. The smallest absolute Gasteiger partial charge is 0.209 e. The van der Waals surface area contributed by atoms with Gasteiger partial charge in [-0.15, -0.1) is 4.99 Å². The van der Waals surface area contributed by atoms with Crippen molar-refractivity contribution in [3.05, 3.63) is 5.82 Å². The van der Waals surface area contributed by atoms with Crippen molar-refractivity contribution < 1.29 is 0 Å². The van der Waals surface area contributed by atoms with Crippen LogP contribution < -0.4 is 21.7 Å². The van der Waals surface area contributed by atoms with Crippen LogP contribution in [0, 0.1) is 16.9 Å². The Morgan fingerprint density at radius 2 is 2.45 bits per heavy atom. The number of guanidine groups is 2. The number of hydrogen-bond acceptors (Lipinski definition) is 7. The summed E-state index contributed by atoms with van der Waals surface area (Å²) >= 11 is 2.82. The minimum absolute atomic E-state index is 0.152. The normalized spacial score (nSPS) is 10.7. The number of rotatable bonds is 6. The van der Waals surface area contributed by atoms with Gasteiger partial charge in [0.25, 0.3) is 0 Å². The molecule has 1 heterocycles. The van der Waals surface area contributed by atoms with Crippen LogP contribution in [-0.2, 0) is 5.75 Å². The highest BCUT2D eigenvalue weighted by molar-refractivity contribution is 7.98. The van der Waals surface area contributed by atoms with E-state index in [4.69, 9.17) is 16.4 Å². The number of nitrogens with two attached hydrogens (primary N) is 1. The van der Waals surface area contributed by atoms with E-state index < -0.39 is 0 Å². The van der Waals surface area contributed by atoms with Gasteiger partial charge in [-0.25, -0.2) is 4.98 Å². The predicted octanol–water partition coefficient (Wildman–Crippen LogP) is -0.277. The van der Waals surface area contributed by atoms with Crippen molar-refractivity contribution in [2.24, 2.45) is 10.7 Å². The third kappa shape index (κ3) is 6.21. The fourth-order valence-electron chi connectivity index (χ4n) is 1.12. The Bertz CT molecular complexity index is 504. The second-order valence-electron chi connectivity index (χ2n) is 3.34. The summed E-state index contributed by atoms with van der Waals surface area (Å²) in [5, 5.41) is 24.4. The maximum absolute atomic E-state index is 8.42. The first-order valence-corrected chi connectivity index (χ1v) is 7.48. The van der Waals surface area contributed by atoms with Crippen molar-refractivity contribution in [2.45, 2.75) is 5.75 Å². The second-order valence-corrected chi connectivity index (χ2v) is 5.20. The second kappa shape index (κ2) is 8.94. The van der Waals surface area contributed by atoms with Crippen LogP contribution in [0.3, 0.4) is 0 Å². The molecule has 0 aliphatic heterocycles. The maximum Gasteiger partial charge on any atom is 0.209 e. The fourth-order valence-corrected chi connectivity index (χ4v) is 2.50. The molecule has 0 saturated carbocycles. The molecule has 0 bridgehead atoms. The van der Waals surface area contributed by atoms with Gasteiger partial charge in [0.2, 0.25) is 17.3 Å². The van der Waals surface area contributed by atoms with Gasteiger partial charge in [0.1, 0.15) is 0 Å². The first-order valence-electron chi connectivity index (χ1n) is 5.55. The number of hydrogen-bond donors (Lipinski definition) is 5. The molecule has 9 nitrogen and oxygen atoms in total. The molecular weight excluding hydrogens is 298 g/mol. The Balaban J connectivity index is 2.21. The van der Waals surface area contributed by atoms with Gasteiger partial charge in [-0.05, 0) is 0 Å². The number of nitrogens with zero attached hydrogens (tertiary/aromatic N) is 4. The monoisotopic (exact) mass is 313 g/mol. The first-order chi connectivity index (χ1) is 9.65. The van der Waals surface area contributed by atoms with Crippen molar-refractivity contribution >= 4 is 40.3 Å². The molecule has 0 aliphatic rings. The first kappa shape index (κ1) is 16.0. The molecule has 0 amide bonds. The van der Waals surface area contributed by atoms with Crippen LogP contribution in [0.25, 0.3) is 0 Å². The summed E-state index contributed by atoms with van der Waals surface area (Å²) in [6.45, 7) is 0.675. The molecule has 0 unspecified atom stereocenters. The van der Waals surface area contributed by atoms with Gasteiger partial charge in [-0.2, -0.15) is 21.4 Å². The zero-order valence-electron chi connectivity index (χ0n) is 10.8. The average Bonchev–Trinajstić information content (AvgIpc) is 2.83. The van der Waals surface area contributed by atoms with E-state index in [1.807, 2.05) is 0 Å². The lowest BCUT2D eigenvalue weighted by Gasteiger charge is -2.06. The lowest BCUT2D eigenvalue weighted by molar-refractivity contribution is 0.917. The predicted molar refractivity (Wildman–Crippen MR) is 81.7 cm³/mol. The molecule has 108 valence electrons. The Morgan fingerprint density at radius 1 is 1.65 bits per heavy atom. The Labute approximate surface area is 124 Å². The fraction of sp³-hybridized carbons (Fsp3) is 0.444. The number of aromatic nitrogens is 2. The standard InChI is InChI=1S/C9H15N9S2/c1-13-8(15-5-10)14-2-3-19-4-6-16-9(20-18-6)17-7(11)12/h2-4H2,1H3,(H2,13,14,15)(H4,11,12,16,17,18). The SMILES string of the molecule is CN/C(=N/C#N)NCCSCc1nsc(NC(=N)N)n1. The maximum atomic E-state index is 8.42. The summed E-state index contributed by atoms with van der Waals surface area (Å²) in [5.74, 6) is 2.49. The van der Waals surface area contributed by atoms with Crippen LogP contribution in [0.5, 0.6) is 0 Å². The van der Waals surface area contributed by atoms with Crippen LogP contribution in [0.15, 0.2) is 4.99 Å². The van der Waals surface area contributed by atoms with E-state index >= 15 is 0 Å². The summed E-state index contributed by atoms with van der Waals surface area (Å²) in [6, 6.07) is 0. The lowest BCUT2D eigenvalue weighted by atomic mass is 10.7. The summed E-state index contributed by atoms with van der Waals surface area (Å²) in [5.41, 5.74) is 5.20. The number of nitrogens with one attached hydrogen (secondary N) is 4. The molecule has 0 aromatic carbocycles. The zero-order valence-corrected chi connectivity index (χ0v) is 12.4. The number of thioether (sulfide) groups is 1. The molecule has 1 aromatic rings. The van der Waals surface area contributed by atoms with E-state index in [2.05, 4.69) is 30.3 Å². The Morgan fingerprint density at radius 3 is 3.10 bits per heavy atom. The van der Waals surface area contributed by atoms with Crippen molar-refractivity contribution in [1.29, 1.82) is 10.7 Å². The highest BCUT2D eigenvalue weighted by atomic mass is 32.2. The molecule has 0 saturated heterocycles. The molecule has 0 spiro atoms. The summed E-state index contributed by atoms with van der Waals surface area (Å²) in [6.07, 6.45) is 1.71. The van der Waals surface area contributed by atoms with Crippen LogP contribution in [0.2, 0.25) is 0 Å². The van der Waals surface area contributed by atoms with Crippen molar-refractivity contribution in [3.8, 4) is 6.19 Å². The molecule has 0 atom stereocenters. The molecule has 1 rings (SSSR count). The van der Waals surface area contributed by atoms with Crippen LogP contribution in [0.1, 0.15) is 5.82 Å². The number of anilines is 1. The van der Waals surface area contributed by atoms with Gasteiger partial charge in [-0.3, -0.25) is 5.41 Å². The molecule has 0 radical (unpaired) electrons. The van der Waals surface area contributed by atoms with Crippen molar-refractivity contribution in [3.63, 3.8) is 0 Å². The van der Waals surface area contributed by atoms with Crippen LogP contribution in [0.4, 0.5) is 5.13 Å². The molecule has 0 fully saturated rings. The highest BCUT2D eigenvalue weighted by Gasteiger charge is 2.04. The number of nitriles is 1. The third-order valence-electron chi connectivity index (χ3n) is 1.88. The van der Waals surface area contributed by atoms with Gasteiger partial charge in [-0.1, -0.05) is 0 Å². The van der Waals surface area contributed by atoms with E-state index in [0.717, 1.165) is 5.75 Å². The van der Waals surface area contributed by atoms with E-state index in [9.17, 15) is 0 Å². The van der Waals surface area contributed by atoms with E-state index in [-0.39, 0.29) is 5.96 Å². The summed E-state index contributed by atoms with van der Waals surface area (Å²) in [4.78, 5) is 7.74. The van der Waals surface area contributed by atoms with Gasteiger partial charge in [0.05, 0.1) is 5.75 Å². The largest absolute Gasteiger partial charge is 0.370 e. The van der Waals surface area contributed by atoms with Crippen LogP contribution in [-0.4, -0.2) is 40.6 Å². The third-order valence-corrected chi connectivity index (χ3v) is 3.50. The van der Waals surface area contributed by atoms with Gasteiger partial charge in [0.15, 0.2) is 11.8 Å². The van der Waals surface area contributed by atoms with Gasteiger partial charge >= 0.3 is 0 Å². The minimum Gasteiger partial charge on any atom is -0.370 e. The molecule has 20 heavy (non-hydrogen) atoms. The van der Waals surface area contributed by atoms with Crippen LogP contribution >= 0.6 is 23.3 Å². The Hall–Kier alpha value is -2.06. The summed E-state index contributed by atoms with van der Waals surface area (Å²) in [7, 11) is 1.69. The summed E-state index contributed by atoms with van der Waals surface area (Å²) < 4.78 is 4.14. The lowest BCUT2D eigenvalue weighted by Crippen LogP contribution is -2.35. The number of aliphatic imine (C=N–C) groups is 1. The Kier molecular flexibility index (Phi) is 7.15. The quantitative estimate of drug-likeness (QED) is 0.208.